The number of para-hydroxylation sites is 1. The summed E-state index contributed by atoms with van der Waals surface area (Å²) in [7, 11) is 1.62. The number of aryl methyl sites for hydroxylation is 1. The third-order valence-electron chi connectivity index (χ3n) is 6.33. The minimum Gasteiger partial charge on any atom is -0.481 e. The highest BCUT2D eigenvalue weighted by Gasteiger charge is 2.24. The smallest absolute Gasteiger partial charge is 0.309 e. The Labute approximate surface area is 195 Å². The normalized spacial score (nSPS) is 11.4. The van der Waals surface area contributed by atoms with Gasteiger partial charge in [-0.25, -0.2) is 4.39 Å². The first-order valence-corrected chi connectivity index (χ1v) is 11.0. The molecule has 5 aromatic rings. The lowest BCUT2D eigenvalue weighted by Crippen LogP contribution is -2.25. The van der Waals surface area contributed by atoms with Crippen molar-refractivity contribution in [2.24, 2.45) is 7.05 Å². The molecule has 0 radical (unpaired) electrons. The predicted octanol–water partition coefficient (Wildman–Crippen LogP) is 5.28. The first kappa shape index (κ1) is 21.6. The Hall–Kier alpha value is -4.19. The van der Waals surface area contributed by atoms with Gasteiger partial charge in [0.2, 0.25) is 0 Å². The summed E-state index contributed by atoms with van der Waals surface area (Å²) in [5.74, 6) is -1.32. The number of rotatable bonds is 5. The molecule has 5 nitrogen and oxygen atoms in total. The van der Waals surface area contributed by atoms with Gasteiger partial charge in [-0.1, -0.05) is 60.2 Å². The maximum Gasteiger partial charge on any atom is 0.309 e. The maximum atomic E-state index is 13.7. The molecule has 6 heteroatoms. The second-order valence-corrected chi connectivity index (χ2v) is 8.58. The minimum absolute atomic E-state index is 0.263. The van der Waals surface area contributed by atoms with Crippen molar-refractivity contribution in [2.45, 2.75) is 19.9 Å². The van der Waals surface area contributed by atoms with E-state index in [1.54, 1.807) is 19.2 Å². The van der Waals surface area contributed by atoms with E-state index >= 15 is 0 Å². The summed E-state index contributed by atoms with van der Waals surface area (Å²) in [5.41, 5.74) is 5.10. The highest BCUT2D eigenvalue weighted by atomic mass is 19.1. The lowest BCUT2D eigenvalue weighted by Gasteiger charge is -2.16. The Bertz CT molecular complexity index is 1610. The van der Waals surface area contributed by atoms with Gasteiger partial charge in [0.15, 0.2) is 0 Å². The SMILES string of the molecule is Cc1ccc(-c2c(CC(=O)O)n(C)c(=O)c3c2c2ccccc2n3Cc2ccc(F)cc2)cc1. The van der Waals surface area contributed by atoms with Crippen LogP contribution in [-0.2, 0) is 24.8 Å². The van der Waals surface area contributed by atoms with Crippen LogP contribution < -0.4 is 5.56 Å². The molecular formula is C28H23FN2O3. The number of hydrogen-bond donors (Lipinski definition) is 1. The summed E-state index contributed by atoms with van der Waals surface area (Å²) in [6, 6.07) is 21.9. The molecule has 0 fully saturated rings. The van der Waals surface area contributed by atoms with Gasteiger partial charge in [-0.05, 0) is 36.2 Å². The van der Waals surface area contributed by atoms with Crippen molar-refractivity contribution in [1.82, 2.24) is 9.13 Å². The fraction of sp³-hybridized carbons (Fsp3) is 0.143. The molecule has 0 bridgehead atoms. The fourth-order valence-electron chi connectivity index (χ4n) is 4.69. The van der Waals surface area contributed by atoms with Gasteiger partial charge in [0.05, 0.1) is 6.42 Å². The maximum absolute atomic E-state index is 13.7. The molecule has 0 saturated carbocycles. The zero-order valence-corrected chi connectivity index (χ0v) is 18.9. The monoisotopic (exact) mass is 454 g/mol. The average molecular weight is 455 g/mol. The van der Waals surface area contributed by atoms with Crippen molar-refractivity contribution in [3.8, 4) is 11.1 Å². The molecule has 0 saturated heterocycles. The molecule has 3 aromatic carbocycles. The Morgan fingerprint density at radius 1 is 0.971 bits per heavy atom. The van der Waals surface area contributed by atoms with E-state index in [1.807, 2.05) is 60.0 Å². The van der Waals surface area contributed by atoms with E-state index in [9.17, 15) is 19.1 Å². The molecule has 5 rings (SSSR count). The predicted molar refractivity (Wildman–Crippen MR) is 132 cm³/mol. The molecule has 0 spiro atoms. The van der Waals surface area contributed by atoms with E-state index in [1.165, 1.54) is 16.7 Å². The van der Waals surface area contributed by atoms with Gasteiger partial charge in [-0.15, -0.1) is 0 Å². The highest BCUT2D eigenvalue weighted by molar-refractivity contribution is 6.15. The number of benzene rings is 3. The standard InChI is InChI=1S/C28H23FN2O3/c1-17-7-11-19(12-8-17)25-23(15-24(32)33)30(2)28(34)27-26(25)21-5-3-4-6-22(21)31(27)16-18-9-13-20(29)14-10-18/h3-14H,15-16H2,1-2H3,(H,32,33). The van der Waals surface area contributed by atoms with Crippen molar-refractivity contribution in [2.75, 3.05) is 0 Å². The number of pyridine rings is 1. The van der Waals surface area contributed by atoms with Gasteiger partial charge in [0.25, 0.3) is 5.56 Å². The number of aromatic nitrogens is 2. The highest BCUT2D eigenvalue weighted by Crippen LogP contribution is 2.38. The molecule has 0 amide bonds. The number of halogens is 1. The van der Waals surface area contributed by atoms with E-state index in [0.29, 0.717) is 17.8 Å². The molecule has 170 valence electrons. The van der Waals surface area contributed by atoms with Gasteiger partial charge in [0, 0.05) is 41.1 Å². The quantitative estimate of drug-likeness (QED) is 0.393. The summed E-state index contributed by atoms with van der Waals surface area (Å²) >= 11 is 0. The van der Waals surface area contributed by atoms with E-state index in [4.69, 9.17) is 0 Å². The van der Waals surface area contributed by atoms with Crippen molar-refractivity contribution < 1.29 is 14.3 Å². The molecule has 0 aliphatic heterocycles. The van der Waals surface area contributed by atoms with Crippen LogP contribution >= 0.6 is 0 Å². The lowest BCUT2D eigenvalue weighted by atomic mass is 9.95. The number of carboxylic acid groups (broad SMARTS) is 1. The summed E-state index contributed by atoms with van der Waals surface area (Å²) in [5, 5.41) is 11.3. The van der Waals surface area contributed by atoms with Crippen molar-refractivity contribution >= 4 is 27.8 Å². The van der Waals surface area contributed by atoms with Crippen LogP contribution in [-0.4, -0.2) is 20.2 Å². The number of aliphatic carboxylic acids is 1. The van der Waals surface area contributed by atoms with Crippen molar-refractivity contribution in [1.29, 1.82) is 0 Å². The third kappa shape index (κ3) is 3.57. The molecule has 34 heavy (non-hydrogen) atoms. The minimum atomic E-state index is -1.00. The zero-order chi connectivity index (χ0) is 24.0. The van der Waals surface area contributed by atoms with E-state index in [-0.39, 0.29) is 17.8 Å². The van der Waals surface area contributed by atoms with Crippen LogP contribution in [0.2, 0.25) is 0 Å². The van der Waals surface area contributed by atoms with Gasteiger partial charge in [-0.3, -0.25) is 9.59 Å². The fourth-order valence-corrected chi connectivity index (χ4v) is 4.69. The summed E-state index contributed by atoms with van der Waals surface area (Å²) in [4.78, 5) is 25.5. The van der Waals surface area contributed by atoms with Crippen LogP contribution in [0, 0.1) is 12.7 Å². The van der Waals surface area contributed by atoms with E-state index in [0.717, 1.165) is 38.5 Å². The van der Waals surface area contributed by atoms with E-state index < -0.39 is 5.97 Å². The van der Waals surface area contributed by atoms with Gasteiger partial charge in [0.1, 0.15) is 11.3 Å². The van der Waals surface area contributed by atoms with Crippen LogP contribution in [0.25, 0.3) is 32.9 Å². The third-order valence-corrected chi connectivity index (χ3v) is 6.33. The largest absolute Gasteiger partial charge is 0.481 e. The number of carbonyl (C=O) groups is 1. The molecule has 0 aliphatic rings. The Balaban J connectivity index is 1.93. The van der Waals surface area contributed by atoms with Crippen LogP contribution in [0.1, 0.15) is 16.8 Å². The molecule has 0 atom stereocenters. The summed E-state index contributed by atoms with van der Waals surface area (Å²) in [6.07, 6.45) is -0.275. The van der Waals surface area contributed by atoms with Gasteiger partial charge in [-0.2, -0.15) is 0 Å². The second-order valence-electron chi connectivity index (χ2n) is 8.58. The second kappa shape index (κ2) is 8.30. The Kier molecular flexibility index (Phi) is 5.28. The molecule has 1 N–H and O–H groups in total. The molecule has 2 aromatic heterocycles. The molecule has 0 unspecified atom stereocenters. The molecule has 0 aliphatic carbocycles. The van der Waals surface area contributed by atoms with Crippen molar-refractivity contribution in [3.05, 3.63) is 106 Å². The summed E-state index contributed by atoms with van der Waals surface area (Å²) < 4.78 is 16.9. The topological polar surface area (TPSA) is 64.2 Å². The number of fused-ring (bicyclic) bond motifs is 3. The summed E-state index contributed by atoms with van der Waals surface area (Å²) in [6.45, 7) is 2.37. The van der Waals surface area contributed by atoms with Crippen LogP contribution in [0.4, 0.5) is 4.39 Å². The van der Waals surface area contributed by atoms with Crippen LogP contribution in [0.5, 0.6) is 0 Å². The van der Waals surface area contributed by atoms with Crippen LogP contribution in [0.3, 0.4) is 0 Å². The van der Waals surface area contributed by atoms with Gasteiger partial charge >= 0.3 is 5.97 Å². The number of nitrogens with zero attached hydrogens (tertiary/aromatic N) is 2. The van der Waals surface area contributed by atoms with Crippen molar-refractivity contribution in [3.63, 3.8) is 0 Å². The van der Waals surface area contributed by atoms with Crippen LogP contribution in [0.15, 0.2) is 77.6 Å². The molecular weight excluding hydrogens is 431 g/mol. The first-order chi connectivity index (χ1) is 16.3. The number of hydrogen-bond acceptors (Lipinski definition) is 2. The lowest BCUT2D eigenvalue weighted by molar-refractivity contribution is -0.136. The first-order valence-electron chi connectivity index (χ1n) is 11.0. The van der Waals surface area contributed by atoms with Gasteiger partial charge < -0.3 is 14.2 Å². The Morgan fingerprint density at radius 3 is 2.32 bits per heavy atom. The molecule has 2 heterocycles. The number of carboxylic acids is 1. The Morgan fingerprint density at radius 2 is 1.65 bits per heavy atom. The zero-order valence-electron chi connectivity index (χ0n) is 18.9. The van der Waals surface area contributed by atoms with E-state index in [2.05, 4.69) is 0 Å². The average Bonchev–Trinajstić information content (AvgIpc) is 3.14.